The number of aryl methyl sites for hydroxylation is 1. The lowest BCUT2D eigenvalue weighted by atomic mass is 10.3. The summed E-state index contributed by atoms with van der Waals surface area (Å²) < 4.78 is 1.61. The fourth-order valence-corrected chi connectivity index (χ4v) is 1.58. The fraction of sp³-hybridized carbons (Fsp3) is 0.600. The molecular weight excluding hydrogens is 256 g/mol. The summed E-state index contributed by atoms with van der Waals surface area (Å²) in [5, 5.41) is 23.2. The van der Waals surface area contributed by atoms with Crippen molar-refractivity contribution in [2.24, 2.45) is 7.05 Å². The molecule has 9 nitrogen and oxygen atoms in total. The first-order chi connectivity index (χ1) is 8.88. The highest BCUT2D eigenvalue weighted by Gasteiger charge is 2.20. The van der Waals surface area contributed by atoms with Crippen LogP contribution in [0.5, 0.6) is 0 Å². The summed E-state index contributed by atoms with van der Waals surface area (Å²) in [4.78, 5) is 33.4. The van der Waals surface area contributed by atoms with Crippen molar-refractivity contribution in [1.82, 2.24) is 14.5 Å². The molecule has 0 radical (unpaired) electrons. The minimum atomic E-state index is -1.01. The van der Waals surface area contributed by atoms with Crippen LogP contribution in [-0.2, 0) is 13.6 Å². The van der Waals surface area contributed by atoms with E-state index in [-0.39, 0.29) is 13.1 Å². The number of nitrogens with one attached hydrogen (secondary N) is 1. The maximum Gasteiger partial charge on any atom is 0.350 e. The van der Waals surface area contributed by atoms with Gasteiger partial charge in [-0.15, -0.1) is 0 Å². The van der Waals surface area contributed by atoms with Gasteiger partial charge < -0.3 is 10.4 Å². The van der Waals surface area contributed by atoms with Crippen LogP contribution in [0.15, 0.2) is 15.8 Å². The highest BCUT2D eigenvalue weighted by atomic mass is 16.6. The van der Waals surface area contributed by atoms with Crippen molar-refractivity contribution in [2.75, 3.05) is 13.1 Å². The number of aliphatic hydroxyl groups excluding tert-OH is 1. The van der Waals surface area contributed by atoms with E-state index in [4.69, 9.17) is 0 Å². The maximum absolute atomic E-state index is 11.8. The summed E-state index contributed by atoms with van der Waals surface area (Å²) in [5.41, 5.74) is -2.41. The third kappa shape index (κ3) is 3.48. The molecule has 0 aliphatic rings. The molecule has 0 saturated carbocycles. The highest BCUT2D eigenvalue weighted by molar-refractivity contribution is 5.21. The lowest BCUT2D eigenvalue weighted by Gasteiger charge is -2.12. The summed E-state index contributed by atoms with van der Waals surface area (Å²) in [6, 6.07) is 0. The minimum Gasteiger partial charge on any atom is -0.390 e. The summed E-state index contributed by atoms with van der Waals surface area (Å²) in [6.45, 7) is 2.36. The third-order valence-electron chi connectivity index (χ3n) is 2.53. The van der Waals surface area contributed by atoms with Crippen LogP contribution < -0.4 is 16.6 Å². The van der Waals surface area contributed by atoms with E-state index in [1.807, 2.05) is 6.92 Å². The topological polar surface area (TPSA) is 119 Å². The Labute approximate surface area is 108 Å². The number of hydrogen-bond donors (Lipinski definition) is 2. The zero-order chi connectivity index (χ0) is 14.6. The molecule has 1 aromatic heterocycles. The number of likely N-dealkylation sites (N-methyl/N-ethyl adjacent to an activating group) is 1. The van der Waals surface area contributed by atoms with Crippen molar-refractivity contribution < 1.29 is 10.0 Å². The second-order valence-corrected chi connectivity index (χ2v) is 4.04. The smallest absolute Gasteiger partial charge is 0.350 e. The molecule has 0 aromatic carbocycles. The van der Waals surface area contributed by atoms with Crippen molar-refractivity contribution in [3.8, 4) is 0 Å². The molecule has 0 aliphatic carbocycles. The van der Waals surface area contributed by atoms with Crippen LogP contribution in [0.4, 0.5) is 5.69 Å². The van der Waals surface area contributed by atoms with Gasteiger partial charge in [-0.2, -0.15) is 0 Å². The summed E-state index contributed by atoms with van der Waals surface area (Å²) in [5.74, 6) is 0. The molecule has 0 fully saturated rings. The third-order valence-corrected chi connectivity index (χ3v) is 2.53. The summed E-state index contributed by atoms with van der Waals surface area (Å²) >= 11 is 0. The van der Waals surface area contributed by atoms with Crippen LogP contribution in [0.2, 0.25) is 0 Å². The molecule has 19 heavy (non-hydrogen) atoms. The average molecular weight is 272 g/mol. The van der Waals surface area contributed by atoms with Crippen LogP contribution >= 0.6 is 0 Å². The average Bonchev–Trinajstić information content (AvgIpc) is 2.36. The van der Waals surface area contributed by atoms with Crippen LogP contribution in [0.3, 0.4) is 0 Å². The number of aliphatic hydroxyl groups is 1. The Balaban J connectivity index is 3.16. The first-order valence-electron chi connectivity index (χ1n) is 5.72. The lowest BCUT2D eigenvalue weighted by Crippen LogP contribution is -2.43. The van der Waals surface area contributed by atoms with E-state index < -0.39 is 28.0 Å². The molecular formula is C10H16N4O5. The molecule has 0 spiro atoms. The zero-order valence-corrected chi connectivity index (χ0v) is 10.7. The quantitative estimate of drug-likeness (QED) is 0.476. The first-order valence-corrected chi connectivity index (χ1v) is 5.72. The zero-order valence-electron chi connectivity index (χ0n) is 10.7. The Morgan fingerprint density at radius 2 is 2.16 bits per heavy atom. The molecule has 1 atom stereocenters. The summed E-state index contributed by atoms with van der Waals surface area (Å²) in [7, 11) is 1.31. The van der Waals surface area contributed by atoms with Crippen molar-refractivity contribution in [2.45, 2.75) is 19.6 Å². The van der Waals surface area contributed by atoms with Crippen LogP contribution in [0.1, 0.15) is 6.92 Å². The predicted molar refractivity (Wildman–Crippen MR) is 67.1 cm³/mol. The molecule has 106 valence electrons. The van der Waals surface area contributed by atoms with Gasteiger partial charge in [0.2, 0.25) is 0 Å². The largest absolute Gasteiger partial charge is 0.390 e. The van der Waals surface area contributed by atoms with Crippen molar-refractivity contribution >= 4 is 5.69 Å². The van der Waals surface area contributed by atoms with Gasteiger partial charge >= 0.3 is 16.9 Å². The van der Waals surface area contributed by atoms with E-state index in [9.17, 15) is 24.8 Å². The minimum absolute atomic E-state index is 0.189. The van der Waals surface area contributed by atoms with Gasteiger partial charge in [0.05, 0.1) is 23.8 Å². The molecule has 0 amide bonds. The van der Waals surface area contributed by atoms with Gasteiger partial charge in [0.15, 0.2) is 0 Å². The van der Waals surface area contributed by atoms with Gasteiger partial charge in [-0.1, -0.05) is 6.92 Å². The fourth-order valence-electron chi connectivity index (χ4n) is 1.58. The monoisotopic (exact) mass is 272 g/mol. The molecule has 1 aromatic rings. The Hall–Kier alpha value is -2.00. The molecule has 1 rings (SSSR count). The predicted octanol–water partition coefficient (Wildman–Crippen LogP) is -1.57. The van der Waals surface area contributed by atoms with E-state index in [0.29, 0.717) is 11.1 Å². The molecule has 2 N–H and O–H groups in total. The highest BCUT2D eigenvalue weighted by Crippen LogP contribution is 1.99. The molecule has 0 aliphatic heterocycles. The standard InChI is InChI=1S/C10H16N4O5/c1-3-11-4-7(15)5-13-9(16)8(14(18)19)6-12(2)10(13)17/h6-7,11,15H,3-5H2,1-2H3. The molecule has 1 unspecified atom stereocenters. The van der Waals surface area contributed by atoms with Crippen molar-refractivity contribution in [3.05, 3.63) is 37.1 Å². The van der Waals surface area contributed by atoms with E-state index >= 15 is 0 Å². The number of nitro groups is 1. The Morgan fingerprint density at radius 3 is 2.68 bits per heavy atom. The van der Waals surface area contributed by atoms with E-state index in [1.165, 1.54) is 7.05 Å². The Bertz CT molecular complexity index is 576. The van der Waals surface area contributed by atoms with Crippen molar-refractivity contribution in [3.63, 3.8) is 0 Å². The number of rotatable bonds is 6. The van der Waals surface area contributed by atoms with Gasteiger partial charge in [-0.05, 0) is 6.54 Å². The van der Waals surface area contributed by atoms with Crippen LogP contribution in [0, 0.1) is 10.1 Å². The molecule has 1 heterocycles. The Morgan fingerprint density at radius 1 is 1.53 bits per heavy atom. The normalized spacial score (nSPS) is 12.4. The van der Waals surface area contributed by atoms with Crippen molar-refractivity contribution in [1.29, 1.82) is 0 Å². The van der Waals surface area contributed by atoms with Crippen LogP contribution in [-0.4, -0.2) is 38.4 Å². The number of hydrogen-bond acceptors (Lipinski definition) is 6. The SMILES string of the molecule is CCNCC(O)Cn1c(=O)c([N+](=O)[O-])cn(C)c1=O. The van der Waals surface area contributed by atoms with Gasteiger partial charge in [0.25, 0.3) is 0 Å². The van der Waals surface area contributed by atoms with E-state index in [2.05, 4.69) is 5.32 Å². The maximum atomic E-state index is 11.8. The second kappa shape index (κ2) is 6.25. The number of nitrogens with zero attached hydrogens (tertiary/aromatic N) is 3. The number of aromatic nitrogens is 2. The molecule has 0 saturated heterocycles. The van der Waals surface area contributed by atoms with Gasteiger partial charge in [0.1, 0.15) is 0 Å². The summed E-state index contributed by atoms with van der Waals surface area (Å²) in [6.07, 6.45) is -0.106. The van der Waals surface area contributed by atoms with E-state index in [0.717, 1.165) is 10.8 Å². The van der Waals surface area contributed by atoms with Gasteiger partial charge in [0, 0.05) is 13.6 Å². The Kier molecular flexibility index (Phi) is 4.95. The van der Waals surface area contributed by atoms with Gasteiger partial charge in [-0.3, -0.25) is 24.0 Å². The van der Waals surface area contributed by atoms with Gasteiger partial charge in [-0.25, -0.2) is 4.79 Å². The lowest BCUT2D eigenvalue weighted by molar-refractivity contribution is -0.387. The second-order valence-electron chi connectivity index (χ2n) is 4.04. The molecule has 9 heteroatoms. The first kappa shape index (κ1) is 15.1. The van der Waals surface area contributed by atoms with E-state index in [1.54, 1.807) is 0 Å². The molecule has 0 bridgehead atoms. The van der Waals surface area contributed by atoms with Crippen LogP contribution in [0.25, 0.3) is 0 Å².